The van der Waals surface area contributed by atoms with Gasteiger partial charge in [-0.25, -0.2) is 0 Å². The van der Waals surface area contributed by atoms with E-state index in [1.807, 2.05) is 25.2 Å². The molecule has 1 aromatic carbocycles. The second-order valence-electron chi connectivity index (χ2n) is 5.64. The number of rotatable bonds is 4. The summed E-state index contributed by atoms with van der Waals surface area (Å²) < 4.78 is 0. The Morgan fingerprint density at radius 2 is 2.10 bits per heavy atom. The van der Waals surface area contributed by atoms with Gasteiger partial charge in [-0.2, -0.15) is 0 Å². The van der Waals surface area contributed by atoms with Crippen molar-refractivity contribution in [3.8, 4) is 0 Å². The summed E-state index contributed by atoms with van der Waals surface area (Å²) >= 11 is 12.2. The molecule has 2 saturated carbocycles. The molecular formula is C15H20Cl2IN3. The van der Waals surface area contributed by atoms with Crippen LogP contribution < -0.4 is 10.6 Å². The van der Waals surface area contributed by atoms with Crippen molar-refractivity contribution in [1.82, 2.24) is 10.6 Å². The van der Waals surface area contributed by atoms with Crippen LogP contribution in [-0.2, 0) is 0 Å². The number of hydrogen-bond acceptors (Lipinski definition) is 1. The Labute approximate surface area is 152 Å². The smallest absolute Gasteiger partial charge is 0.191 e. The zero-order valence-electron chi connectivity index (χ0n) is 11.9. The van der Waals surface area contributed by atoms with Crippen molar-refractivity contribution in [1.29, 1.82) is 0 Å². The Balaban J connectivity index is 0.00000161. The number of halogens is 3. The summed E-state index contributed by atoms with van der Waals surface area (Å²) in [6.07, 6.45) is 3.69. The first-order valence-electron chi connectivity index (χ1n) is 7.09. The highest BCUT2D eigenvalue weighted by Crippen LogP contribution is 2.49. The van der Waals surface area contributed by atoms with Crippen LogP contribution in [0.1, 0.15) is 30.7 Å². The van der Waals surface area contributed by atoms with Gasteiger partial charge in [-0.05, 0) is 48.8 Å². The zero-order chi connectivity index (χ0) is 14.1. The molecule has 2 aliphatic carbocycles. The molecule has 6 heteroatoms. The standard InChI is InChI=1S/C15H19Cl2N3.HI/c1-18-15(20-11-3-4-11)19-8-9-6-13(9)12-5-2-10(16)7-14(12)17;/h2,5,7,9,11,13H,3-4,6,8H2,1H3,(H2,18,19,20);1H. The molecule has 0 radical (unpaired) electrons. The van der Waals surface area contributed by atoms with Crippen molar-refractivity contribution >= 4 is 53.1 Å². The summed E-state index contributed by atoms with van der Waals surface area (Å²) in [4.78, 5) is 4.25. The summed E-state index contributed by atoms with van der Waals surface area (Å²) in [7, 11) is 1.82. The lowest BCUT2D eigenvalue weighted by molar-refractivity contribution is 0.718. The van der Waals surface area contributed by atoms with E-state index in [0.717, 1.165) is 17.5 Å². The Hall–Kier alpha value is -0.200. The average molecular weight is 440 g/mol. The highest BCUT2D eigenvalue weighted by Gasteiger charge is 2.39. The van der Waals surface area contributed by atoms with Gasteiger partial charge in [0.2, 0.25) is 0 Å². The summed E-state index contributed by atoms with van der Waals surface area (Å²) in [6, 6.07) is 6.42. The Morgan fingerprint density at radius 1 is 1.33 bits per heavy atom. The molecule has 0 aliphatic heterocycles. The maximum absolute atomic E-state index is 6.26. The molecule has 2 fully saturated rings. The normalized spacial score (nSPS) is 24.2. The minimum absolute atomic E-state index is 0. The molecule has 0 bridgehead atoms. The molecule has 0 heterocycles. The van der Waals surface area contributed by atoms with Crippen LogP contribution in [-0.4, -0.2) is 25.6 Å². The van der Waals surface area contributed by atoms with E-state index < -0.39 is 0 Å². The third-order valence-electron chi connectivity index (χ3n) is 3.96. The average Bonchev–Trinajstić information content (AvgIpc) is 3.30. The zero-order valence-corrected chi connectivity index (χ0v) is 15.7. The van der Waals surface area contributed by atoms with Gasteiger partial charge < -0.3 is 10.6 Å². The lowest BCUT2D eigenvalue weighted by Gasteiger charge is -2.11. The van der Waals surface area contributed by atoms with Crippen LogP contribution in [0.15, 0.2) is 23.2 Å². The fourth-order valence-corrected chi connectivity index (χ4v) is 3.05. The van der Waals surface area contributed by atoms with E-state index in [1.165, 1.54) is 24.8 Å². The predicted octanol–water partition coefficient (Wildman–Crippen LogP) is 4.04. The first kappa shape index (κ1) is 17.2. The van der Waals surface area contributed by atoms with Crippen LogP contribution >= 0.6 is 47.2 Å². The lowest BCUT2D eigenvalue weighted by atomic mass is 10.1. The largest absolute Gasteiger partial charge is 0.356 e. The van der Waals surface area contributed by atoms with Crippen molar-refractivity contribution in [2.24, 2.45) is 10.9 Å². The molecule has 0 aromatic heterocycles. The molecule has 3 nitrogen and oxygen atoms in total. The van der Waals surface area contributed by atoms with Crippen LogP contribution in [0.25, 0.3) is 0 Å². The maximum atomic E-state index is 6.26. The fraction of sp³-hybridized carbons (Fsp3) is 0.533. The molecule has 0 saturated heterocycles. The molecule has 0 amide bonds. The maximum Gasteiger partial charge on any atom is 0.191 e. The monoisotopic (exact) mass is 439 g/mol. The molecule has 2 aliphatic rings. The van der Waals surface area contributed by atoms with E-state index in [2.05, 4.69) is 15.6 Å². The molecule has 1 aromatic rings. The minimum Gasteiger partial charge on any atom is -0.356 e. The third kappa shape index (κ3) is 4.63. The summed E-state index contributed by atoms with van der Waals surface area (Å²) in [5, 5.41) is 8.28. The molecule has 2 unspecified atom stereocenters. The van der Waals surface area contributed by atoms with Crippen molar-refractivity contribution in [3.05, 3.63) is 33.8 Å². The lowest BCUT2D eigenvalue weighted by Crippen LogP contribution is -2.39. The van der Waals surface area contributed by atoms with E-state index in [4.69, 9.17) is 23.2 Å². The van der Waals surface area contributed by atoms with E-state index in [-0.39, 0.29) is 24.0 Å². The first-order valence-corrected chi connectivity index (χ1v) is 7.85. The van der Waals surface area contributed by atoms with Crippen LogP contribution in [0.5, 0.6) is 0 Å². The minimum atomic E-state index is 0. The Kier molecular flexibility index (Phi) is 6.03. The van der Waals surface area contributed by atoms with E-state index in [9.17, 15) is 0 Å². The van der Waals surface area contributed by atoms with Crippen LogP contribution in [0, 0.1) is 5.92 Å². The van der Waals surface area contributed by atoms with Crippen molar-refractivity contribution in [2.45, 2.75) is 31.2 Å². The number of guanidine groups is 1. The molecule has 21 heavy (non-hydrogen) atoms. The molecule has 2 atom stereocenters. The van der Waals surface area contributed by atoms with Crippen molar-refractivity contribution in [2.75, 3.05) is 13.6 Å². The van der Waals surface area contributed by atoms with Crippen molar-refractivity contribution in [3.63, 3.8) is 0 Å². The quantitative estimate of drug-likeness (QED) is 0.422. The van der Waals surface area contributed by atoms with E-state index in [1.54, 1.807) is 0 Å². The molecule has 116 valence electrons. The second-order valence-corrected chi connectivity index (χ2v) is 6.48. The highest BCUT2D eigenvalue weighted by atomic mass is 127. The topological polar surface area (TPSA) is 36.4 Å². The number of benzene rings is 1. The number of hydrogen-bond donors (Lipinski definition) is 2. The van der Waals surface area contributed by atoms with Gasteiger partial charge in [0.05, 0.1) is 0 Å². The first-order chi connectivity index (χ1) is 9.67. The molecular weight excluding hydrogens is 420 g/mol. The van der Waals surface area contributed by atoms with Crippen LogP contribution in [0.2, 0.25) is 10.0 Å². The summed E-state index contributed by atoms with van der Waals surface area (Å²) in [6.45, 7) is 0.940. The molecule has 0 spiro atoms. The van der Waals surface area contributed by atoms with Gasteiger partial charge in [0, 0.05) is 29.7 Å². The molecule has 2 N–H and O–H groups in total. The fourth-order valence-electron chi connectivity index (χ4n) is 2.50. The van der Waals surface area contributed by atoms with Gasteiger partial charge in [0.25, 0.3) is 0 Å². The van der Waals surface area contributed by atoms with E-state index in [0.29, 0.717) is 22.9 Å². The predicted molar refractivity (Wildman–Crippen MR) is 100 cm³/mol. The Bertz CT molecular complexity index is 532. The Morgan fingerprint density at radius 3 is 2.71 bits per heavy atom. The van der Waals surface area contributed by atoms with Gasteiger partial charge in [-0.15, -0.1) is 24.0 Å². The van der Waals surface area contributed by atoms with Gasteiger partial charge in [-0.1, -0.05) is 29.3 Å². The third-order valence-corrected chi connectivity index (χ3v) is 4.52. The summed E-state index contributed by atoms with van der Waals surface area (Å²) in [5.41, 5.74) is 1.22. The summed E-state index contributed by atoms with van der Waals surface area (Å²) in [5.74, 6) is 2.10. The van der Waals surface area contributed by atoms with Gasteiger partial charge in [0.15, 0.2) is 5.96 Å². The van der Waals surface area contributed by atoms with Gasteiger partial charge in [-0.3, -0.25) is 4.99 Å². The van der Waals surface area contributed by atoms with Gasteiger partial charge in [0.1, 0.15) is 0 Å². The van der Waals surface area contributed by atoms with Crippen molar-refractivity contribution < 1.29 is 0 Å². The highest BCUT2D eigenvalue weighted by molar-refractivity contribution is 14.0. The SMILES string of the molecule is CN=C(NCC1CC1c1ccc(Cl)cc1Cl)NC1CC1.I. The van der Waals surface area contributed by atoms with Crippen LogP contribution in [0.4, 0.5) is 0 Å². The number of nitrogens with zero attached hydrogens (tertiary/aromatic N) is 1. The van der Waals surface area contributed by atoms with Gasteiger partial charge >= 0.3 is 0 Å². The number of aliphatic imine (C=N–C) groups is 1. The molecule has 3 rings (SSSR count). The second kappa shape index (κ2) is 7.38. The van der Waals surface area contributed by atoms with Crippen LogP contribution in [0.3, 0.4) is 0 Å². The number of nitrogens with one attached hydrogen (secondary N) is 2. The van der Waals surface area contributed by atoms with E-state index >= 15 is 0 Å².